The summed E-state index contributed by atoms with van der Waals surface area (Å²) in [7, 11) is 0. The molecular formula is C31H28N6O2. The van der Waals surface area contributed by atoms with Gasteiger partial charge >= 0.3 is 0 Å². The Labute approximate surface area is 225 Å². The summed E-state index contributed by atoms with van der Waals surface area (Å²) in [5.74, 6) is 1.13. The maximum Gasteiger partial charge on any atom is 0.259 e. The molecule has 0 bridgehead atoms. The van der Waals surface area contributed by atoms with E-state index in [9.17, 15) is 4.79 Å². The van der Waals surface area contributed by atoms with Crippen LogP contribution >= 0.6 is 0 Å². The first-order valence-electron chi connectivity index (χ1n) is 12.8. The smallest absolute Gasteiger partial charge is 0.259 e. The molecule has 3 aromatic carbocycles. The highest BCUT2D eigenvalue weighted by Crippen LogP contribution is 2.27. The summed E-state index contributed by atoms with van der Waals surface area (Å²) in [6, 6.07) is 27.8. The van der Waals surface area contributed by atoms with Crippen LogP contribution in [0.4, 0.5) is 0 Å². The predicted molar refractivity (Wildman–Crippen MR) is 152 cm³/mol. The number of nitrogens with one attached hydrogen (secondary N) is 1. The fourth-order valence-corrected chi connectivity index (χ4v) is 4.60. The minimum atomic E-state index is -0.234. The maximum atomic E-state index is 13.0. The van der Waals surface area contributed by atoms with Crippen molar-refractivity contribution in [2.75, 3.05) is 0 Å². The molecule has 0 aliphatic carbocycles. The van der Waals surface area contributed by atoms with Gasteiger partial charge in [0.2, 0.25) is 0 Å². The highest BCUT2D eigenvalue weighted by Gasteiger charge is 2.17. The Morgan fingerprint density at radius 3 is 2.64 bits per heavy atom. The standard InChI is InChI=1S/C31H28N6O2/c1-31(2,3)23-12-14-28-22(16-23)17-26(30(38)33-28)29-34-35-36-37(29)18-20-7-6-9-25(15-20)39-19-24-13-11-21-8-4-5-10-27(21)32-24/h4-17H,18-19H2,1-3H3,(H,33,38). The van der Waals surface area contributed by atoms with E-state index < -0.39 is 0 Å². The van der Waals surface area contributed by atoms with Crippen molar-refractivity contribution < 1.29 is 4.74 Å². The summed E-state index contributed by atoms with van der Waals surface area (Å²) in [6.07, 6.45) is 0. The van der Waals surface area contributed by atoms with E-state index >= 15 is 0 Å². The molecule has 6 aromatic rings. The largest absolute Gasteiger partial charge is 0.487 e. The number of hydrogen-bond acceptors (Lipinski definition) is 6. The molecule has 0 aliphatic heterocycles. The zero-order chi connectivity index (χ0) is 27.0. The quantitative estimate of drug-likeness (QED) is 0.307. The van der Waals surface area contributed by atoms with E-state index in [2.05, 4.69) is 58.4 Å². The third kappa shape index (κ3) is 5.13. The van der Waals surface area contributed by atoms with E-state index in [0.717, 1.165) is 38.8 Å². The van der Waals surface area contributed by atoms with E-state index in [1.807, 2.05) is 72.8 Å². The van der Waals surface area contributed by atoms with Gasteiger partial charge in [0.15, 0.2) is 5.82 Å². The number of pyridine rings is 2. The molecule has 0 atom stereocenters. The van der Waals surface area contributed by atoms with Crippen LogP contribution in [0.2, 0.25) is 0 Å². The van der Waals surface area contributed by atoms with Gasteiger partial charge < -0.3 is 9.72 Å². The lowest BCUT2D eigenvalue weighted by molar-refractivity contribution is 0.301. The van der Waals surface area contributed by atoms with Crippen molar-refractivity contribution in [3.8, 4) is 17.1 Å². The van der Waals surface area contributed by atoms with E-state index in [4.69, 9.17) is 4.74 Å². The van der Waals surface area contributed by atoms with E-state index in [1.54, 1.807) is 4.68 Å². The third-order valence-electron chi connectivity index (χ3n) is 6.76. The zero-order valence-electron chi connectivity index (χ0n) is 22.0. The van der Waals surface area contributed by atoms with Crippen molar-refractivity contribution in [2.24, 2.45) is 0 Å². The van der Waals surface area contributed by atoms with Gasteiger partial charge in [-0.1, -0.05) is 63.2 Å². The van der Waals surface area contributed by atoms with Crippen molar-refractivity contribution in [3.05, 3.63) is 112 Å². The van der Waals surface area contributed by atoms with Gasteiger partial charge in [-0.3, -0.25) is 4.79 Å². The van der Waals surface area contributed by atoms with E-state index in [0.29, 0.717) is 24.5 Å². The lowest BCUT2D eigenvalue weighted by Crippen LogP contribution is -2.14. The average Bonchev–Trinajstić information content (AvgIpc) is 3.38. The topological polar surface area (TPSA) is 98.6 Å². The first kappa shape index (κ1) is 24.5. The molecule has 1 N–H and O–H groups in total. The van der Waals surface area contributed by atoms with Crippen LogP contribution in [0.15, 0.2) is 89.7 Å². The SMILES string of the molecule is CC(C)(C)c1ccc2[nH]c(=O)c(-c3nnnn3Cc3cccc(OCc4ccc5ccccc5n4)c3)cc2c1. The van der Waals surface area contributed by atoms with Gasteiger partial charge in [0.05, 0.1) is 23.3 Å². The number of H-pyrrole nitrogens is 1. The van der Waals surface area contributed by atoms with Crippen LogP contribution < -0.4 is 10.3 Å². The number of ether oxygens (including phenoxy) is 1. The summed E-state index contributed by atoms with van der Waals surface area (Å²) >= 11 is 0. The summed E-state index contributed by atoms with van der Waals surface area (Å²) in [6.45, 7) is 7.23. The highest BCUT2D eigenvalue weighted by atomic mass is 16.5. The first-order chi connectivity index (χ1) is 18.8. The molecule has 0 fully saturated rings. The van der Waals surface area contributed by atoms with Gasteiger partial charge in [-0.15, -0.1) is 5.10 Å². The molecule has 8 heteroatoms. The zero-order valence-corrected chi connectivity index (χ0v) is 22.0. The van der Waals surface area contributed by atoms with Crippen molar-refractivity contribution in [1.29, 1.82) is 0 Å². The molecule has 0 spiro atoms. The number of tetrazole rings is 1. The first-order valence-corrected chi connectivity index (χ1v) is 12.8. The second kappa shape index (κ2) is 9.79. The molecule has 3 aromatic heterocycles. The minimum absolute atomic E-state index is 0.0104. The Balaban J connectivity index is 1.24. The fraction of sp³-hybridized carbons (Fsp3) is 0.194. The molecule has 0 radical (unpaired) electrons. The number of fused-ring (bicyclic) bond motifs is 2. The molecule has 0 amide bonds. The van der Waals surface area contributed by atoms with Crippen molar-refractivity contribution in [1.82, 2.24) is 30.2 Å². The van der Waals surface area contributed by atoms with Gasteiger partial charge in [0.25, 0.3) is 5.56 Å². The molecular weight excluding hydrogens is 488 g/mol. The van der Waals surface area contributed by atoms with Crippen LogP contribution in [0, 0.1) is 0 Å². The number of hydrogen-bond donors (Lipinski definition) is 1. The molecule has 0 saturated heterocycles. The van der Waals surface area contributed by atoms with Gasteiger partial charge in [-0.05, 0) is 74.8 Å². The van der Waals surface area contributed by atoms with Crippen LogP contribution in [0.1, 0.15) is 37.6 Å². The second-order valence-corrected chi connectivity index (χ2v) is 10.7. The summed E-state index contributed by atoms with van der Waals surface area (Å²) in [4.78, 5) is 20.6. The Kier molecular flexibility index (Phi) is 6.15. The Morgan fingerprint density at radius 1 is 0.897 bits per heavy atom. The van der Waals surface area contributed by atoms with Gasteiger partial charge in [0, 0.05) is 10.9 Å². The fourth-order valence-electron chi connectivity index (χ4n) is 4.60. The van der Waals surface area contributed by atoms with Gasteiger partial charge in [-0.2, -0.15) is 0 Å². The number of para-hydroxylation sites is 1. The lowest BCUT2D eigenvalue weighted by atomic mass is 9.86. The van der Waals surface area contributed by atoms with Crippen LogP contribution in [-0.2, 0) is 18.6 Å². The Hall–Kier alpha value is -4.85. The van der Waals surface area contributed by atoms with Crippen molar-refractivity contribution in [2.45, 2.75) is 39.3 Å². The summed E-state index contributed by atoms with van der Waals surface area (Å²) in [5, 5.41) is 14.3. The highest BCUT2D eigenvalue weighted by molar-refractivity contribution is 5.83. The molecule has 0 unspecified atom stereocenters. The van der Waals surface area contributed by atoms with Crippen LogP contribution in [0.5, 0.6) is 5.75 Å². The molecule has 194 valence electrons. The van der Waals surface area contributed by atoms with Crippen LogP contribution in [0.3, 0.4) is 0 Å². The maximum absolute atomic E-state index is 13.0. The number of nitrogens with zero attached hydrogens (tertiary/aromatic N) is 5. The summed E-state index contributed by atoms with van der Waals surface area (Å²) in [5.41, 5.74) is 4.88. The third-order valence-corrected chi connectivity index (χ3v) is 6.76. The molecule has 0 aliphatic rings. The van der Waals surface area contributed by atoms with Gasteiger partial charge in [-0.25, -0.2) is 9.67 Å². The number of aromatic nitrogens is 6. The lowest BCUT2D eigenvalue weighted by Gasteiger charge is -2.19. The van der Waals surface area contributed by atoms with E-state index in [-0.39, 0.29) is 11.0 Å². The molecule has 6 rings (SSSR count). The summed E-state index contributed by atoms with van der Waals surface area (Å²) < 4.78 is 7.68. The van der Waals surface area contributed by atoms with E-state index in [1.165, 1.54) is 5.56 Å². The van der Waals surface area contributed by atoms with Crippen molar-refractivity contribution >= 4 is 21.8 Å². The van der Waals surface area contributed by atoms with Crippen LogP contribution in [0.25, 0.3) is 33.2 Å². The number of benzene rings is 3. The number of aromatic amines is 1. The average molecular weight is 517 g/mol. The normalized spacial score (nSPS) is 11.8. The molecule has 3 heterocycles. The predicted octanol–water partition coefficient (Wildman–Crippen LogP) is 5.65. The van der Waals surface area contributed by atoms with Gasteiger partial charge in [0.1, 0.15) is 12.4 Å². The second-order valence-electron chi connectivity index (χ2n) is 10.7. The number of rotatable bonds is 6. The molecule has 8 nitrogen and oxygen atoms in total. The van der Waals surface area contributed by atoms with Crippen molar-refractivity contribution in [3.63, 3.8) is 0 Å². The molecule has 39 heavy (non-hydrogen) atoms. The Bertz CT molecular complexity index is 1870. The van der Waals surface area contributed by atoms with Crippen LogP contribution in [-0.4, -0.2) is 30.2 Å². The molecule has 0 saturated carbocycles. The minimum Gasteiger partial charge on any atom is -0.487 e. The Morgan fingerprint density at radius 2 is 1.77 bits per heavy atom. The monoisotopic (exact) mass is 516 g/mol.